The van der Waals surface area contributed by atoms with E-state index in [1.165, 1.54) is 66.0 Å². The van der Waals surface area contributed by atoms with Gasteiger partial charge in [0.15, 0.2) is 5.82 Å². The van der Waals surface area contributed by atoms with Crippen LogP contribution in [0.25, 0.3) is 106 Å². The zero-order valence-corrected chi connectivity index (χ0v) is 28.7. The number of hydrogen-bond acceptors (Lipinski definition) is 2. The van der Waals surface area contributed by atoms with Crippen LogP contribution in [-0.4, -0.2) is 14.5 Å². The highest BCUT2D eigenvalue weighted by molar-refractivity contribution is 6.30. The fourth-order valence-electron chi connectivity index (χ4n) is 8.34. The van der Waals surface area contributed by atoms with Gasteiger partial charge in [0.1, 0.15) is 0 Å². The van der Waals surface area contributed by atoms with Crippen molar-refractivity contribution in [2.75, 3.05) is 0 Å². The van der Waals surface area contributed by atoms with Crippen molar-refractivity contribution in [1.82, 2.24) is 14.5 Å². The molecule has 1 aliphatic carbocycles. The molecule has 0 bridgehead atoms. The smallest absolute Gasteiger partial charge is 0.160 e. The van der Waals surface area contributed by atoms with Gasteiger partial charge in [0.05, 0.1) is 22.4 Å². The van der Waals surface area contributed by atoms with Gasteiger partial charge in [-0.2, -0.15) is 0 Å². The summed E-state index contributed by atoms with van der Waals surface area (Å²) in [5.74, 6) is 0.696. The van der Waals surface area contributed by atoms with Crippen LogP contribution in [0, 0.1) is 0 Å². The van der Waals surface area contributed by atoms with E-state index >= 15 is 0 Å². The Labute approximate surface area is 307 Å². The first kappa shape index (κ1) is 29.6. The number of hydrogen-bond donors (Lipinski definition) is 0. The average Bonchev–Trinajstić information content (AvgIpc) is 3.52. The Morgan fingerprint density at radius 3 is 1.60 bits per heavy atom. The van der Waals surface area contributed by atoms with Crippen LogP contribution in [0.4, 0.5) is 0 Å². The quantitative estimate of drug-likeness (QED) is 0.182. The van der Waals surface area contributed by atoms with Crippen molar-refractivity contribution in [1.29, 1.82) is 0 Å². The summed E-state index contributed by atoms with van der Waals surface area (Å²) in [6.07, 6.45) is 0. The Bertz CT molecular complexity index is 2980. The molecular weight excluding hydrogens is 643 g/mol. The summed E-state index contributed by atoms with van der Waals surface area (Å²) in [4.78, 5) is 10.4. The van der Waals surface area contributed by atoms with Gasteiger partial charge in [0.2, 0.25) is 0 Å². The molecule has 0 atom stereocenters. The van der Waals surface area contributed by atoms with Gasteiger partial charge in [-0.25, -0.2) is 9.97 Å². The molecule has 0 radical (unpaired) electrons. The van der Waals surface area contributed by atoms with Gasteiger partial charge < -0.3 is 4.57 Å². The van der Waals surface area contributed by atoms with Crippen LogP contribution in [0.5, 0.6) is 0 Å². The molecule has 2 aromatic heterocycles. The molecule has 3 heteroatoms. The molecule has 0 aliphatic heterocycles. The zero-order valence-electron chi connectivity index (χ0n) is 28.7. The Hall–Kier alpha value is -7.10. The van der Waals surface area contributed by atoms with Crippen LogP contribution in [0.3, 0.4) is 0 Å². The van der Waals surface area contributed by atoms with Crippen LogP contribution < -0.4 is 0 Å². The molecular formula is C50H31N3. The Kier molecular flexibility index (Phi) is 6.55. The van der Waals surface area contributed by atoms with Crippen LogP contribution in [0.2, 0.25) is 0 Å². The molecule has 11 rings (SSSR count). The summed E-state index contributed by atoms with van der Waals surface area (Å²) in [7, 11) is 0. The first-order valence-corrected chi connectivity index (χ1v) is 18.1. The van der Waals surface area contributed by atoms with Gasteiger partial charge in [-0.15, -0.1) is 0 Å². The molecule has 246 valence electrons. The predicted octanol–water partition coefficient (Wildman–Crippen LogP) is 13.0. The second-order valence-corrected chi connectivity index (χ2v) is 13.8. The van der Waals surface area contributed by atoms with Crippen molar-refractivity contribution >= 4 is 32.6 Å². The highest BCUT2D eigenvalue weighted by Crippen LogP contribution is 2.50. The normalized spacial score (nSPS) is 11.8. The molecule has 0 fully saturated rings. The van der Waals surface area contributed by atoms with E-state index in [4.69, 9.17) is 9.97 Å². The zero-order chi connectivity index (χ0) is 34.9. The number of fused-ring (bicyclic) bond motifs is 3. The summed E-state index contributed by atoms with van der Waals surface area (Å²) in [5, 5.41) is 5.12. The topological polar surface area (TPSA) is 30.7 Å². The second kappa shape index (κ2) is 11.7. The first-order chi connectivity index (χ1) is 26.3. The van der Waals surface area contributed by atoms with Crippen LogP contribution in [0.15, 0.2) is 188 Å². The molecule has 0 N–H and O–H groups in total. The summed E-state index contributed by atoms with van der Waals surface area (Å²) < 4.78 is 2.45. The molecule has 2 heterocycles. The van der Waals surface area contributed by atoms with Gasteiger partial charge in [-0.05, 0) is 80.6 Å². The minimum absolute atomic E-state index is 0.696. The molecule has 0 amide bonds. The summed E-state index contributed by atoms with van der Waals surface area (Å²) in [6.45, 7) is 0. The second-order valence-electron chi connectivity index (χ2n) is 13.8. The fraction of sp³-hybridized carbons (Fsp3) is 0. The molecule has 0 spiro atoms. The van der Waals surface area contributed by atoms with Gasteiger partial charge >= 0.3 is 0 Å². The number of aromatic nitrogens is 3. The van der Waals surface area contributed by atoms with E-state index in [2.05, 4.69) is 180 Å². The molecule has 3 nitrogen and oxygen atoms in total. The molecule has 0 unspecified atom stereocenters. The monoisotopic (exact) mass is 673 g/mol. The van der Waals surface area contributed by atoms with Gasteiger partial charge in [0.25, 0.3) is 0 Å². The third kappa shape index (κ3) is 4.68. The van der Waals surface area contributed by atoms with Crippen LogP contribution in [0.1, 0.15) is 0 Å². The molecule has 0 saturated carbocycles. The van der Waals surface area contributed by atoms with E-state index in [0.29, 0.717) is 5.82 Å². The number of nitrogens with zero attached hydrogens (tertiary/aromatic N) is 3. The Morgan fingerprint density at radius 2 is 0.906 bits per heavy atom. The Morgan fingerprint density at radius 1 is 0.321 bits per heavy atom. The molecule has 1 aliphatic rings. The van der Waals surface area contributed by atoms with Crippen molar-refractivity contribution < 1.29 is 0 Å². The lowest BCUT2D eigenvalue weighted by molar-refractivity contribution is 1.16. The lowest BCUT2D eigenvalue weighted by atomic mass is 9.92. The maximum absolute atomic E-state index is 5.18. The van der Waals surface area contributed by atoms with E-state index in [9.17, 15) is 0 Å². The average molecular weight is 674 g/mol. The van der Waals surface area contributed by atoms with Crippen molar-refractivity contribution in [3.8, 4) is 73.0 Å². The molecule has 53 heavy (non-hydrogen) atoms. The lowest BCUT2D eigenvalue weighted by Gasteiger charge is -2.16. The van der Waals surface area contributed by atoms with Crippen molar-refractivity contribution in [3.05, 3.63) is 188 Å². The van der Waals surface area contributed by atoms with E-state index in [-0.39, 0.29) is 0 Å². The van der Waals surface area contributed by atoms with Gasteiger partial charge in [-0.1, -0.05) is 152 Å². The standard InChI is InChI=1S/C50H31N3/c1-4-14-32(15-5-1)37-29-42-40-24-11-10-23-39(40)41-25-13-20-35-26-27-45-49(47(35)41)48(42)46(30-37)53(45)38-22-12-21-36(28-38)50-51-43(33-16-6-2-7-17-33)31-44(52-50)34-18-8-3-9-19-34/h1-31H. The van der Waals surface area contributed by atoms with Crippen molar-refractivity contribution in [2.45, 2.75) is 0 Å². The maximum Gasteiger partial charge on any atom is 0.160 e. The highest BCUT2D eigenvalue weighted by atomic mass is 15.0. The molecule has 0 saturated heterocycles. The third-order valence-electron chi connectivity index (χ3n) is 10.7. The lowest BCUT2D eigenvalue weighted by Crippen LogP contribution is -1.98. The van der Waals surface area contributed by atoms with Crippen molar-refractivity contribution in [3.63, 3.8) is 0 Å². The molecule has 10 aromatic rings. The summed E-state index contributed by atoms with van der Waals surface area (Å²) in [6, 6.07) is 67.3. The number of benzene rings is 8. The SMILES string of the molecule is c1ccc(-c2cc3c4c5c6c(cccc6ccc5n(-c5cccc(-c6nc(-c7ccccc7)cc(-c7ccccc7)n6)c5)c4c2)-c2ccccc2-3)cc1. The van der Waals surface area contributed by atoms with E-state index in [1.807, 2.05) is 12.1 Å². The minimum Gasteiger partial charge on any atom is -0.309 e. The van der Waals surface area contributed by atoms with Gasteiger partial charge in [-0.3, -0.25) is 0 Å². The summed E-state index contributed by atoms with van der Waals surface area (Å²) in [5.41, 5.74) is 15.7. The van der Waals surface area contributed by atoms with Crippen molar-refractivity contribution in [2.24, 2.45) is 0 Å². The third-order valence-corrected chi connectivity index (χ3v) is 10.7. The van der Waals surface area contributed by atoms with E-state index in [0.717, 1.165) is 33.8 Å². The first-order valence-electron chi connectivity index (χ1n) is 18.1. The maximum atomic E-state index is 5.18. The molecule has 8 aromatic carbocycles. The van der Waals surface area contributed by atoms with E-state index < -0.39 is 0 Å². The highest BCUT2D eigenvalue weighted by Gasteiger charge is 2.26. The van der Waals surface area contributed by atoms with E-state index in [1.54, 1.807) is 0 Å². The predicted molar refractivity (Wildman–Crippen MR) is 220 cm³/mol. The van der Waals surface area contributed by atoms with Crippen LogP contribution in [-0.2, 0) is 0 Å². The Balaban J connectivity index is 1.21. The summed E-state index contributed by atoms with van der Waals surface area (Å²) >= 11 is 0. The van der Waals surface area contributed by atoms with Crippen LogP contribution >= 0.6 is 0 Å². The number of rotatable bonds is 5. The van der Waals surface area contributed by atoms with Gasteiger partial charge in [0, 0.05) is 33.2 Å². The largest absolute Gasteiger partial charge is 0.309 e. The fourth-order valence-corrected chi connectivity index (χ4v) is 8.34. The minimum atomic E-state index is 0.696.